The summed E-state index contributed by atoms with van der Waals surface area (Å²) in [7, 11) is 1.28. The lowest BCUT2D eigenvalue weighted by molar-refractivity contribution is -0.384. The number of ether oxygens (including phenoxy) is 1. The molecule has 2 aromatic carbocycles. The van der Waals surface area contributed by atoms with Gasteiger partial charge in [-0.25, -0.2) is 4.79 Å². The Balaban J connectivity index is 2.28. The van der Waals surface area contributed by atoms with Crippen LogP contribution in [0.4, 0.5) is 18.9 Å². The van der Waals surface area contributed by atoms with Crippen LogP contribution < -0.4 is 10.1 Å². The predicted molar refractivity (Wildman–Crippen MR) is 93.7 cm³/mol. The van der Waals surface area contributed by atoms with Gasteiger partial charge in [0.25, 0.3) is 11.6 Å². The maximum absolute atomic E-state index is 12.8. The fourth-order valence-corrected chi connectivity index (χ4v) is 2.54. The average molecular weight is 412 g/mol. The van der Waals surface area contributed by atoms with Crippen LogP contribution in [0.3, 0.4) is 0 Å². The Morgan fingerprint density at radius 1 is 1.24 bits per heavy atom. The van der Waals surface area contributed by atoms with Gasteiger partial charge in [-0.1, -0.05) is 6.07 Å². The number of alkyl halides is 3. The van der Waals surface area contributed by atoms with Crippen LogP contribution in [0.15, 0.2) is 42.5 Å². The summed E-state index contributed by atoms with van der Waals surface area (Å²) in [6.07, 6.45) is -5.05. The second-order valence-corrected chi connectivity index (χ2v) is 5.90. The van der Waals surface area contributed by atoms with Gasteiger partial charge in [-0.15, -0.1) is 0 Å². The van der Waals surface area contributed by atoms with Crippen LogP contribution in [0, 0.1) is 10.1 Å². The van der Waals surface area contributed by atoms with E-state index in [1.807, 2.05) is 0 Å². The molecule has 8 nitrogen and oxygen atoms in total. The number of nitro groups is 1. The van der Waals surface area contributed by atoms with E-state index in [1.54, 1.807) is 0 Å². The van der Waals surface area contributed by atoms with Gasteiger partial charge in [-0.05, 0) is 24.3 Å². The van der Waals surface area contributed by atoms with E-state index in [-0.39, 0.29) is 29.0 Å². The number of methoxy groups -OCH3 is 1. The van der Waals surface area contributed by atoms with Gasteiger partial charge in [-0.3, -0.25) is 14.9 Å². The molecular formula is C18H15F3N2O6. The maximum Gasteiger partial charge on any atom is 0.416 e. The number of benzene rings is 2. The summed E-state index contributed by atoms with van der Waals surface area (Å²) in [5.74, 6) is -2.35. The normalized spacial score (nSPS) is 12.1. The second kappa shape index (κ2) is 8.59. The van der Waals surface area contributed by atoms with E-state index in [2.05, 4.69) is 5.32 Å². The van der Waals surface area contributed by atoms with Gasteiger partial charge in [0.2, 0.25) is 0 Å². The Morgan fingerprint density at radius 3 is 2.48 bits per heavy atom. The fourth-order valence-electron chi connectivity index (χ4n) is 2.54. The van der Waals surface area contributed by atoms with E-state index < -0.39 is 34.6 Å². The molecule has 154 valence electrons. The summed E-state index contributed by atoms with van der Waals surface area (Å²) >= 11 is 0. The van der Waals surface area contributed by atoms with Crippen molar-refractivity contribution >= 4 is 17.6 Å². The molecule has 0 unspecified atom stereocenters. The van der Waals surface area contributed by atoms with Crippen molar-refractivity contribution in [2.75, 3.05) is 7.11 Å². The zero-order valence-corrected chi connectivity index (χ0v) is 14.9. The van der Waals surface area contributed by atoms with Crippen LogP contribution in [0.5, 0.6) is 5.75 Å². The third kappa shape index (κ3) is 5.43. The lowest BCUT2D eigenvalue weighted by Gasteiger charge is -2.17. The number of nitrogens with zero attached hydrogens (tertiary/aromatic N) is 1. The minimum atomic E-state index is -4.67. The van der Waals surface area contributed by atoms with Crippen LogP contribution in [0.1, 0.15) is 21.5 Å². The van der Waals surface area contributed by atoms with E-state index in [4.69, 9.17) is 4.74 Å². The van der Waals surface area contributed by atoms with Crippen molar-refractivity contribution in [1.29, 1.82) is 0 Å². The van der Waals surface area contributed by atoms with Crippen LogP contribution in [-0.2, 0) is 17.4 Å². The second-order valence-electron chi connectivity index (χ2n) is 5.90. The Kier molecular flexibility index (Phi) is 6.42. The van der Waals surface area contributed by atoms with Gasteiger partial charge in [-0.2, -0.15) is 13.2 Å². The Bertz CT molecular complexity index is 945. The van der Waals surface area contributed by atoms with Crippen molar-refractivity contribution in [3.05, 3.63) is 69.3 Å². The molecule has 29 heavy (non-hydrogen) atoms. The first-order valence-electron chi connectivity index (χ1n) is 8.05. The molecule has 1 amide bonds. The van der Waals surface area contributed by atoms with Gasteiger partial charge >= 0.3 is 12.1 Å². The SMILES string of the molecule is COc1ccc([N+](=O)[O-])cc1C[C@H](NC(=O)c1cccc(C(F)(F)F)c1)C(=O)O. The fraction of sp³-hybridized carbons (Fsp3) is 0.222. The molecule has 2 aromatic rings. The summed E-state index contributed by atoms with van der Waals surface area (Å²) in [5.41, 5.74) is -1.61. The number of carbonyl (C=O) groups excluding carboxylic acids is 1. The van der Waals surface area contributed by atoms with Crippen molar-refractivity contribution < 1.29 is 37.5 Å². The first-order chi connectivity index (χ1) is 13.5. The largest absolute Gasteiger partial charge is 0.496 e. The summed E-state index contributed by atoms with van der Waals surface area (Å²) in [4.78, 5) is 34.1. The van der Waals surface area contributed by atoms with Gasteiger partial charge in [0.1, 0.15) is 11.8 Å². The molecule has 0 aliphatic heterocycles. The zero-order valence-electron chi connectivity index (χ0n) is 14.9. The summed E-state index contributed by atoms with van der Waals surface area (Å²) in [5, 5.41) is 22.5. The Hall–Kier alpha value is -3.63. The molecular weight excluding hydrogens is 397 g/mol. The van der Waals surface area contributed by atoms with Gasteiger partial charge < -0.3 is 15.2 Å². The zero-order chi connectivity index (χ0) is 21.8. The molecule has 0 saturated carbocycles. The van der Waals surface area contributed by atoms with E-state index in [0.717, 1.165) is 24.3 Å². The number of hydrogen-bond donors (Lipinski definition) is 2. The number of nitro benzene ring substituents is 1. The van der Waals surface area contributed by atoms with E-state index in [9.17, 15) is 38.0 Å². The first kappa shape index (κ1) is 21.7. The molecule has 0 bridgehead atoms. The van der Waals surface area contributed by atoms with Crippen molar-refractivity contribution in [2.24, 2.45) is 0 Å². The summed E-state index contributed by atoms with van der Waals surface area (Å²) in [6, 6.07) is 5.50. The van der Waals surface area contributed by atoms with Crippen LogP contribution in [0.25, 0.3) is 0 Å². The molecule has 0 aromatic heterocycles. The van der Waals surface area contributed by atoms with Crippen molar-refractivity contribution in [3.8, 4) is 5.75 Å². The molecule has 1 atom stereocenters. The number of non-ortho nitro benzene ring substituents is 1. The van der Waals surface area contributed by atoms with Gasteiger partial charge in [0.15, 0.2) is 0 Å². The number of carbonyl (C=O) groups is 2. The first-order valence-corrected chi connectivity index (χ1v) is 8.05. The number of hydrogen-bond acceptors (Lipinski definition) is 5. The minimum Gasteiger partial charge on any atom is -0.496 e. The predicted octanol–water partition coefficient (Wildman–Crippen LogP) is 3.05. The molecule has 0 saturated heterocycles. The van der Waals surface area contributed by atoms with Gasteiger partial charge in [0, 0.05) is 29.7 Å². The highest BCUT2D eigenvalue weighted by molar-refractivity contribution is 5.96. The monoisotopic (exact) mass is 412 g/mol. The Labute approximate surface area is 162 Å². The lowest BCUT2D eigenvalue weighted by Crippen LogP contribution is -2.42. The highest BCUT2D eigenvalue weighted by Crippen LogP contribution is 2.29. The van der Waals surface area contributed by atoms with Crippen molar-refractivity contribution in [2.45, 2.75) is 18.6 Å². The molecule has 0 heterocycles. The number of amides is 1. The van der Waals surface area contributed by atoms with Crippen LogP contribution in [-0.4, -0.2) is 35.1 Å². The average Bonchev–Trinajstić information content (AvgIpc) is 2.66. The number of carboxylic acid groups (broad SMARTS) is 1. The maximum atomic E-state index is 12.8. The molecule has 0 spiro atoms. The summed E-state index contributed by atoms with van der Waals surface area (Å²) < 4.78 is 43.5. The minimum absolute atomic E-state index is 0.137. The molecule has 11 heteroatoms. The molecule has 0 fully saturated rings. The summed E-state index contributed by atoms with van der Waals surface area (Å²) in [6.45, 7) is 0. The number of carboxylic acids is 1. The molecule has 0 aliphatic carbocycles. The number of rotatable bonds is 7. The van der Waals surface area contributed by atoms with E-state index in [1.165, 1.54) is 19.2 Å². The molecule has 2 N–H and O–H groups in total. The quantitative estimate of drug-likeness (QED) is 0.533. The van der Waals surface area contributed by atoms with Gasteiger partial charge in [0.05, 0.1) is 17.6 Å². The number of halogens is 3. The number of aliphatic carboxylic acids is 1. The smallest absolute Gasteiger partial charge is 0.416 e. The van der Waals surface area contributed by atoms with Crippen LogP contribution >= 0.6 is 0 Å². The highest BCUT2D eigenvalue weighted by Gasteiger charge is 2.31. The third-order valence-corrected chi connectivity index (χ3v) is 3.95. The molecule has 0 aliphatic rings. The van der Waals surface area contributed by atoms with Crippen molar-refractivity contribution in [3.63, 3.8) is 0 Å². The van der Waals surface area contributed by atoms with E-state index in [0.29, 0.717) is 6.07 Å². The highest BCUT2D eigenvalue weighted by atomic mass is 19.4. The third-order valence-electron chi connectivity index (χ3n) is 3.95. The lowest BCUT2D eigenvalue weighted by atomic mass is 10.0. The molecule has 2 rings (SSSR count). The van der Waals surface area contributed by atoms with Crippen molar-refractivity contribution in [1.82, 2.24) is 5.32 Å². The van der Waals surface area contributed by atoms with E-state index >= 15 is 0 Å². The standard InChI is InChI=1S/C18H15F3N2O6/c1-29-15-6-5-13(23(27)28)8-11(15)9-14(17(25)26)22-16(24)10-3-2-4-12(7-10)18(19,20)21/h2-8,14H,9H2,1H3,(H,22,24)(H,25,26)/t14-/m0/s1. The Morgan fingerprint density at radius 2 is 1.93 bits per heavy atom. The van der Waals surface area contributed by atoms with Crippen LogP contribution in [0.2, 0.25) is 0 Å². The number of nitrogens with one attached hydrogen (secondary N) is 1. The molecule has 0 radical (unpaired) electrons. The topological polar surface area (TPSA) is 119 Å².